The first-order chi connectivity index (χ1) is 34.2. The van der Waals surface area contributed by atoms with Gasteiger partial charge in [0, 0.05) is 54.2 Å². The van der Waals surface area contributed by atoms with E-state index in [1.165, 1.54) is 76.1 Å². The van der Waals surface area contributed by atoms with Crippen molar-refractivity contribution in [3.8, 4) is 56.2 Å². The molecule has 6 heterocycles. The molecular weight excluding hydrogens is 881 g/mol. The molecule has 0 N–H and O–H groups in total. The molecule has 7 heteroatoms. The zero-order valence-corrected chi connectivity index (χ0v) is 38.7. The van der Waals surface area contributed by atoms with Gasteiger partial charge in [0.2, 0.25) is 5.95 Å². The third-order valence-corrected chi connectivity index (χ3v) is 17.3. The zero-order chi connectivity index (χ0) is 45.2. The molecule has 15 rings (SSSR count). The second-order valence-electron chi connectivity index (χ2n) is 18.3. The highest BCUT2D eigenvalue weighted by molar-refractivity contribution is 8.00. The number of ether oxygens (including phenoxy) is 1. The lowest BCUT2D eigenvalue weighted by Gasteiger charge is -2.26. The van der Waals surface area contributed by atoms with Crippen LogP contribution in [0.5, 0.6) is 5.75 Å². The van der Waals surface area contributed by atoms with Crippen LogP contribution in [0, 0.1) is 0 Å². The first-order valence-electron chi connectivity index (χ1n) is 23.6. The van der Waals surface area contributed by atoms with Gasteiger partial charge in [-0.2, -0.15) is 0 Å². The van der Waals surface area contributed by atoms with Crippen molar-refractivity contribution in [2.75, 3.05) is 4.90 Å². The van der Waals surface area contributed by atoms with Gasteiger partial charge in [-0.15, -0.1) is 23.5 Å². The summed E-state index contributed by atoms with van der Waals surface area (Å²) in [6, 6.07) is 79.3. The van der Waals surface area contributed by atoms with Crippen LogP contribution in [0.3, 0.4) is 0 Å². The summed E-state index contributed by atoms with van der Waals surface area (Å²) >= 11 is 3.88. The fourth-order valence-corrected chi connectivity index (χ4v) is 14.1. The van der Waals surface area contributed by atoms with Crippen LogP contribution in [0.2, 0.25) is 0 Å². The van der Waals surface area contributed by atoms with Crippen LogP contribution in [-0.4, -0.2) is 14.5 Å². The van der Waals surface area contributed by atoms with Gasteiger partial charge in [0.25, 0.3) is 0 Å². The highest BCUT2D eigenvalue weighted by atomic mass is 32.2. The van der Waals surface area contributed by atoms with Crippen LogP contribution >= 0.6 is 23.5 Å². The Kier molecular flexibility index (Phi) is 8.71. The van der Waals surface area contributed by atoms with E-state index in [2.05, 4.69) is 228 Å². The van der Waals surface area contributed by atoms with Gasteiger partial charge < -0.3 is 14.2 Å². The average molecular weight is 921 g/mol. The molecule has 69 heavy (non-hydrogen) atoms. The fraction of sp³-hybridized carbons (Fsp3) is 0.0645. The molecule has 0 bridgehead atoms. The Morgan fingerprint density at radius 2 is 0.928 bits per heavy atom. The Morgan fingerprint density at radius 1 is 0.406 bits per heavy atom. The minimum Gasteiger partial charge on any atom is -0.484 e. The largest absolute Gasteiger partial charge is 0.484 e. The van der Waals surface area contributed by atoms with Crippen LogP contribution < -0.4 is 9.64 Å². The van der Waals surface area contributed by atoms with Gasteiger partial charge in [-0.25, -0.2) is 9.97 Å². The molecule has 0 fully saturated rings. The van der Waals surface area contributed by atoms with Crippen LogP contribution in [0.4, 0.5) is 11.6 Å². The average Bonchev–Trinajstić information content (AvgIpc) is 4.22. The Balaban J connectivity index is 0.864. The zero-order valence-electron chi connectivity index (χ0n) is 37.1. The standard InChI is InChI=1S/C62H40N4OS2/c1-4-14-37(15-5-1)50-36-51(38-16-6-2-7-17-38)64-62(63-50)66-54-30-26-41(34-48(54)60-58(66)44-20-10-12-22-56(44)68-60)39-24-28-52-46(32-39)47-33-40(25-29-53(47)65(52)43-18-8-3-9-19-43)42-27-31-55-49(35-42)61-59(67-55)45-21-11-13-23-57(45)69-61/h1-36,58-61H. The smallest absolute Gasteiger partial charge is 0.231 e. The van der Waals surface area contributed by atoms with Crippen LogP contribution in [0.1, 0.15) is 44.9 Å². The van der Waals surface area contributed by atoms with Crippen molar-refractivity contribution >= 4 is 57.0 Å². The molecule has 2 aromatic heterocycles. The van der Waals surface area contributed by atoms with Crippen LogP contribution in [0.25, 0.3) is 72.3 Å². The van der Waals surface area contributed by atoms with Gasteiger partial charge >= 0.3 is 0 Å². The summed E-state index contributed by atoms with van der Waals surface area (Å²) in [6.45, 7) is 0. The predicted octanol–water partition coefficient (Wildman–Crippen LogP) is 16.6. The number of para-hydroxylation sites is 1. The van der Waals surface area contributed by atoms with Gasteiger partial charge in [0.15, 0.2) is 0 Å². The highest BCUT2D eigenvalue weighted by Crippen LogP contribution is 2.65. The van der Waals surface area contributed by atoms with Crippen LogP contribution in [-0.2, 0) is 0 Å². The molecule has 0 radical (unpaired) electrons. The number of benzene rings is 9. The van der Waals surface area contributed by atoms with Crippen molar-refractivity contribution in [1.82, 2.24) is 14.5 Å². The Morgan fingerprint density at radius 3 is 1.59 bits per heavy atom. The first-order valence-corrected chi connectivity index (χ1v) is 25.3. The van der Waals surface area contributed by atoms with E-state index in [0.29, 0.717) is 5.95 Å². The lowest BCUT2D eigenvalue weighted by molar-refractivity contribution is 0.237. The summed E-state index contributed by atoms with van der Waals surface area (Å²) in [4.78, 5) is 15.8. The van der Waals surface area contributed by atoms with Crippen molar-refractivity contribution in [3.63, 3.8) is 0 Å². The molecule has 4 unspecified atom stereocenters. The third-order valence-electron chi connectivity index (χ3n) is 14.5. The molecular formula is C62H40N4OS2. The maximum atomic E-state index is 6.59. The molecule has 0 amide bonds. The van der Waals surface area contributed by atoms with Crippen LogP contribution in [0.15, 0.2) is 228 Å². The fourth-order valence-electron chi connectivity index (χ4n) is 11.3. The second kappa shape index (κ2) is 15.3. The van der Waals surface area contributed by atoms with E-state index >= 15 is 0 Å². The lowest BCUT2D eigenvalue weighted by Crippen LogP contribution is -2.22. The second-order valence-corrected chi connectivity index (χ2v) is 20.7. The van der Waals surface area contributed by atoms with E-state index in [4.69, 9.17) is 14.7 Å². The molecule has 11 aromatic rings. The number of hydrogen-bond acceptors (Lipinski definition) is 6. The molecule has 9 aromatic carbocycles. The number of aromatic nitrogens is 3. The van der Waals surface area contributed by atoms with E-state index in [1.807, 2.05) is 23.5 Å². The number of rotatable bonds is 6. The summed E-state index contributed by atoms with van der Waals surface area (Å²) in [5, 5.41) is 2.87. The Hall–Kier alpha value is -7.84. The SMILES string of the molecule is c1ccc(-c2cc(-c3ccccc3)nc(N3c4ccc(-c5ccc6c(c5)c5cc(-c7ccc8c(c7)C7Sc9ccccc9C7O8)ccc5n6-c5ccccc5)cc4C4Sc5ccccc5C43)n2)cc1. The normalized spacial score (nSPS) is 18.1. The maximum Gasteiger partial charge on any atom is 0.231 e. The topological polar surface area (TPSA) is 43.2 Å². The molecule has 0 saturated heterocycles. The van der Waals surface area contributed by atoms with Crippen molar-refractivity contribution in [3.05, 3.63) is 241 Å². The number of nitrogens with zero attached hydrogens (tertiary/aromatic N) is 4. The minimum absolute atomic E-state index is 0.0371. The van der Waals surface area contributed by atoms with E-state index in [0.717, 1.165) is 39.6 Å². The van der Waals surface area contributed by atoms with E-state index < -0.39 is 0 Å². The summed E-state index contributed by atoms with van der Waals surface area (Å²) in [5.41, 5.74) is 18.6. The molecule has 0 aliphatic carbocycles. The maximum absolute atomic E-state index is 6.59. The Labute approximate surface area is 408 Å². The monoisotopic (exact) mass is 920 g/mol. The molecule has 4 atom stereocenters. The lowest BCUT2D eigenvalue weighted by atomic mass is 9.96. The predicted molar refractivity (Wildman–Crippen MR) is 283 cm³/mol. The number of fused-ring (bicyclic) bond motifs is 13. The molecule has 4 aliphatic heterocycles. The van der Waals surface area contributed by atoms with Crippen molar-refractivity contribution in [2.45, 2.75) is 32.4 Å². The quantitative estimate of drug-likeness (QED) is 0.166. The van der Waals surface area contributed by atoms with Crippen molar-refractivity contribution < 1.29 is 4.74 Å². The number of hydrogen-bond donors (Lipinski definition) is 0. The summed E-state index contributed by atoms with van der Waals surface area (Å²) < 4.78 is 9.00. The highest BCUT2D eigenvalue weighted by Gasteiger charge is 2.47. The molecule has 326 valence electrons. The van der Waals surface area contributed by atoms with E-state index in [1.54, 1.807) is 0 Å². The minimum atomic E-state index is 0.0371. The van der Waals surface area contributed by atoms with Gasteiger partial charge in [-0.1, -0.05) is 140 Å². The van der Waals surface area contributed by atoms with Gasteiger partial charge in [0.1, 0.15) is 11.9 Å². The molecule has 5 nitrogen and oxygen atoms in total. The first kappa shape index (κ1) is 39.2. The van der Waals surface area contributed by atoms with E-state index in [9.17, 15) is 0 Å². The molecule has 0 saturated carbocycles. The summed E-state index contributed by atoms with van der Waals surface area (Å²) in [7, 11) is 0. The molecule has 0 spiro atoms. The summed E-state index contributed by atoms with van der Waals surface area (Å²) in [6.07, 6.45) is 0.0589. The molecule has 4 aliphatic rings. The third kappa shape index (κ3) is 6.13. The van der Waals surface area contributed by atoms with Crippen molar-refractivity contribution in [2.24, 2.45) is 0 Å². The number of anilines is 2. The van der Waals surface area contributed by atoms with E-state index in [-0.39, 0.29) is 22.6 Å². The Bertz CT molecular complexity index is 3820. The van der Waals surface area contributed by atoms with Crippen molar-refractivity contribution in [1.29, 1.82) is 0 Å². The van der Waals surface area contributed by atoms with Gasteiger partial charge in [-0.05, 0) is 112 Å². The van der Waals surface area contributed by atoms with Gasteiger partial charge in [-0.3, -0.25) is 0 Å². The summed E-state index contributed by atoms with van der Waals surface area (Å²) in [5.74, 6) is 1.71. The number of thioether (sulfide) groups is 2. The van der Waals surface area contributed by atoms with Gasteiger partial charge in [0.05, 0.1) is 39.0 Å².